The van der Waals surface area contributed by atoms with Crippen LogP contribution in [0.2, 0.25) is 0 Å². The number of aryl methyl sites for hydroxylation is 1. The normalized spacial score (nSPS) is 22.0. The van der Waals surface area contributed by atoms with Crippen LogP contribution in [0.1, 0.15) is 61.5 Å². The molecule has 27 heavy (non-hydrogen) atoms. The maximum Gasteiger partial charge on any atom is 0.119 e. The molecule has 1 unspecified atom stereocenters. The van der Waals surface area contributed by atoms with Crippen molar-refractivity contribution in [2.45, 2.75) is 57.5 Å². The van der Waals surface area contributed by atoms with Crippen molar-refractivity contribution >= 4 is 0 Å². The minimum absolute atomic E-state index is 0.472. The van der Waals surface area contributed by atoms with E-state index in [0.29, 0.717) is 5.56 Å². The van der Waals surface area contributed by atoms with Gasteiger partial charge in [0.1, 0.15) is 17.4 Å². The molecule has 1 atom stereocenters. The fourth-order valence-electron chi connectivity index (χ4n) is 4.47. The summed E-state index contributed by atoms with van der Waals surface area (Å²) in [6.45, 7) is 2.82. The predicted molar refractivity (Wildman–Crippen MR) is 105 cm³/mol. The van der Waals surface area contributed by atoms with Crippen molar-refractivity contribution in [2.24, 2.45) is 0 Å². The molecule has 0 bridgehead atoms. The molecule has 1 saturated heterocycles. The molecule has 1 fully saturated rings. The van der Waals surface area contributed by atoms with Gasteiger partial charge in [-0.05, 0) is 68.7 Å². The number of methoxy groups -OCH3 is 1. The van der Waals surface area contributed by atoms with Crippen LogP contribution in [0.5, 0.6) is 5.75 Å². The molecule has 0 N–H and O–H groups in total. The van der Waals surface area contributed by atoms with Gasteiger partial charge >= 0.3 is 0 Å². The van der Waals surface area contributed by atoms with Crippen molar-refractivity contribution < 1.29 is 9.47 Å². The van der Waals surface area contributed by atoms with Crippen LogP contribution in [0, 0.1) is 11.3 Å². The molecule has 4 heteroatoms. The number of fused-ring (bicyclic) bond motifs is 1. The van der Waals surface area contributed by atoms with Crippen LogP contribution >= 0.6 is 0 Å². The quantitative estimate of drug-likeness (QED) is 0.727. The number of ether oxygens (including phenoxy) is 2. The molecule has 0 radical (unpaired) electrons. The minimum atomic E-state index is -0.472. The second-order valence-corrected chi connectivity index (χ2v) is 7.72. The van der Waals surface area contributed by atoms with E-state index in [9.17, 15) is 5.26 Å². The average Bonchev–Trinajstić information content (AvgIpc) is 3.01. The summed E-state index contributed by atoms with van der Waals surface area (Å²) >= 11 is 0. The molecule has 1 aromatic heterocycles. The molecule has 1 aliphatic carbocycles. The molecule has 1 aliphatic heterocycles. The standard InChI is InChI=1S/C23H26N2O2/c1-23(12-7-13-27-23)22-19(15-24)21(16-8-6-9-17(14-16)26-2)18-10-4-3-5-11-20(18)25-22/h6,8-9,14H,3-5,7,10-13H2,1-2H3. The fraction of sp³-hybridized carbons (Fsp3) is 0.478. The van der Waals surface area contributed by atoms with Crippen molar-refractivity contribution in [3.8, 4) is 22.9 Å². The third kappa shape index (κ3) is 3.21. The number of nitrogens with zero attached hydrogens (tertiary/aromatic N) is 2. The number of rotatable bonds is 3. The van der Waals surface area contributed by atoms with Crippen molar-refractivity contribution in [2.75, 3.05) is 13.7 Å². The Morgan fingerprint density at radius 1 is 1.19 bits per heavy atom. The highest BCUT2D eigenvalue weighted by atomic mass is 16.5. The maximum absolute atomic E-state index is 10.2. The first kappa shape index (κ1) is 18.0. The molecule has 0 saturated carbocycles. The Balaban J connectivity index is 2.01. The first-order valence-corrected chi connectivity index (χ1v) is 9.91. The molecule has 0 spiro atoms. The van der Waals surface area contributed by atoms with E-state index in [0.717, 1.165) is 73.4 Å². The number of pyridine rings is 1. The number of aromatic nitrogens is 1. The highest BCUT2D eigenvalue weighted by Gasteiger charge is 2.38. The summed E-state index contributed by atoms with van der Waals surface area (Å²) in [5.74, 6) is 0.806. The molecule has 4 rings (SSSR count). The van der Waals surface area contributed by atoms with Gasteiger partial charge in [-0.3, -0.25) is 4.98 Å². The van der Waals surface area contributed by atoms with E-state index in [1.54, 1.807) is 7.11 Å². The number of hydrogen-bond donors (Lipinski definition) is 0. The first-order chi connectivity index (χ1) is 13.2. The lowest BCUT2D eigenvalue weighted by molar-refractivity contribution is 0.0129. The van der Waals surface area contributed by atoms with Crippen molar-refractivity contribution in [3.63, 3.8) is 0 Å². The average molecular weight is 362 g/mol. The topological polar surface area (TPSA) is 55.1 Å². The van der Waals surface area contributed by atoms with Crippen LogP contribution in [0.25, 0.3) is 11.1 Å². The third-order valence-electron chi connectivity index (χ3n) is 5.91. The summed E-state index contributed by atoms with van der Waals surface area (Å²) in [6.07, 6.45) is 7.37. The molecule has 1 aromatic carbocycles. The van der Waals surface area contributed by atoms with E-state index in [1.165, 1.54) is 12.0 Å². The number of nitriles is 1. The zero-order valence-electron chi connectivity index (χ0n) is 16.2. The minimum Gasteiger partial charge on any atom is -0.497 e. The van der Waals surface area contributed by atoms with Crippen LogP contribution < -0.4 is 4.74 Å². The van der Waals surface area contributed by atoms with Crippen molar-refractivity contribution in [1.82, 2.24) is 4.98 Å². The zero-order chi connectivity index (χ0) is 18.9. The van der Waals surface area contributed by atoms with Gasteiger partial charge < -0.3 is 9.47 Å². The molecule has 2 aliphatic rings. The fourth-order valence-corrected chi connectivity index (χ4v) is 4.47. The maximum atomic E-state index is 10.2. The van der Waals surface area contributed by atoms with Crippen LogP contribution in [-0.2, 0) is 23.2 Å². The Morgan fingerprint density at radius 3 is 2.78 bits per heavy atom. The summed E-state index contributed by atoms with van der Waals surface area (Å²) in [5, 5.41) is 10.2. The Hall–Kier alpha value is -2.38. The Morgan fingerprint density at radius 2 is 2.04 bits per heavy atom. The van der Waals surface area contributed by atoms with Gasteiger partial charge in [0.15, 0.2) is 0 Å². The van der Waals surface area contributed by atoms with Crippen LogP contribution in [0.3, 0.4) is 0 Å². The molecule has 140 valence electrons. The first-order valence-electron chi connectivity index (χ1n) is 9.91. The summed E-state index contributed by atoms with van der Waals surface area (Å²) in [5.41, 5.74) is 5.48. The van der Waals surface area contributed by atoms with Gasteiger partial charge in [-0.2, -0.15) is 5.26 Å². The molecule has 0 amide bonds. The van der Waals surface area contributed by atoms with E-state index < -0.39 is 5.60 Å². The number of benzene rings is 1. The second-order valence-electron chi connectivity index (χ2n) is 7.72. The monoisotopic (exact) mass is 362 g/mol. The predicted octanol–water partition coefficient (Wildman–Crippen LogP) is 4.92. The SMILES string of the molecule is COc1cccc(-c2c(C#N)c(C3(C)CCCO3)nc3c2CCCCC3)c1. The van der Waals surface area contributed by atoms with Gasteiger partial charge in [0.2, 0.25) is 0 Å². The van der Waals surface area contributed by atoms with Crippen molar-refractivity contribution in [3.05, 3.63) is 46.8 Å². The lowest BCUT2D eigenvalue weighted by Crippen LogP contribution is -2.25. The van der Waals surface area contributed by atoms with Gasteiger partial charge in [-0.25, -0.2) is 0 Å². The van der Waals surface area contributed by atoms with E-state index in [1.807, 2.05) is 18.2 Å². The summed E-state index contributed by atoms with van der Waals surface area (Å²) in [6, 6.07) is 10.5. The van der Waals surface area contributed by atoms with Gasteiger partial charge in [0, 0.05) is 17.9 Å². The summed E-state index contributed by atoms with van der Waals surface area (Å²) in [4.78, 5) is 5.05. The third-order valence-corrected chi connectivity index (χ3v) is 5.91. The second kappa shape index (κ2) is 7.32. The van der Waals surface area contributed by atoms with E-state index >= 15 is 0 Å². The largest absolute Gasteiger partial charge is 0.497 e. The Labute approximate surface area is 161 Å². The van der Waals surface area contributed by atoms with Crippen molar-refractivity contribution in [1.29, 1.82) is 5.26 Å². The Kier molecular flexibility index (Phi) is 4.88. The molecule has 2 heterocycles. The van der Waals surface area contributed by atoms with Gasteiger partial charge in [0.05, 0.1) is 18.4 Å². The zero-order valence-corrected chi connectivity index (χ0v) is 16.2. The highest BCUT2D eigenvalue weighted by molar-refractivity contribution is 5.77. The number of hydrogen-bond acceptors (Lipinski definition) is 4. The molecular formula is C23H26N2O2. The van der Waals surface area contributed by atoms with Gasteiger partial charge in [-0.1, -0.05) is 18.6 Å². The summed E-state index contributed by atoms with van der Waals surface area (Å²) < 4.78 is 11.5. The van der Waals surface area contributed by atoms with Crippen LogP contribution in [-0.4, -0.2) is 18.7 Å². The van der Waals surface area contributed by atoms with Crippen LogP contribution in [0.15, 0.2) is 24.3 Å². The Bertz CT molecular complexity index is 892. The summed E-state index contributed by atoms with van der Waals surface area (Å²) in [7, 11) is 1.68. The van der Waals surface area contributed by atoms with E-state index in [-0.39, 0.29) is 0 Å². The lowest BCUT2D eigenvalue weighted by Gasteiger charge is -2.27. The van der Waals surface area contributed by atoms with E-state index in [4.69, 9.17) is 14.5 Å². The molecule has 4 nitrogen and oxygen atoms in total. The highest BCUT2D eigenvalue weighted by Crippen LogP contribution is 2.42. The van der Waals surface area contributed by atoms with Gasteiger partial charge in [-0.15, -0.1) is 0 Å². The van der Waals surface area contributed by atoms with Gasteiger partial charge in [0.25, 0.3) is 0 Å². The smallest absolute Gasteiger partial charge is 0.119 e. The molecule has 2 aromatic rings. The van der Waals surface area contributed by atoms with E-state index in [2.05, 4.69) is 19.1 Å². The molecular weight excluding hydrogens is 336 g/mol. The van der Waals surface area contributed by atoms with Crippen LogP contribution in [0.4, 0.5) is 0 Å². The lowest BCUT2D eigenvalue weighted by atomic mass is 9.85.